The third-order valence-electron chi connectivity index (χ3n) is 4.11. The fourth-order valence-electron chi connectivity index (χ4n) is 2.57. The number of aryl methyl sites for hydroxylation is 2. The molecule has 0 radical (unpaired) electrons. The lowest BCUT2D eigenvalue weighted by Crippen LogP contribution is -2.27. The van der Waals surface area contributed by atoms with Gasteiger partial charge in [0.05, 0.1) is 0 Å². The molecule has 2 aromatic carbocycles. The van der Waals surface area contributed by atoms with Crippen molar-refractivity contribution in [2.75, 3.05) is 17.6 Å². The molecule has 0 aliphatic heterocycles. The molecule has 0 spiro atoms. The van der Waals surface area contributed by atoms with Gasteiger partial charge in [-0.2, -0.15) is 0 Å². The van der Waals surface area contributed by atoms with Crippen LogP contribution < -0.4 is 16.4 Å². The van der Waals surface area contributed by atoms with Gasteiger partial charge >= 0.3 is 0 Å². The zero-order chi connectivity index (χ0) is 19.1. The molecule has 0 saturated carbocycles. The fourth-order valence-corrected chi connectivity index (χ4v) is 2.57. The van der Waals surface area contributed by atoms with Crippen molar-refractivity contribution < 1.29 is 9.59 Å². The van der Waals surface area contributed by atoms with Crippen molar-refractivity contribution in [2.45, 2.75) is 33.6 Å². The van der Waals surface area contributed by atoms with Crippen LogP contribution in [-0.2, 0) is 11.2 Å². The minimum Gasteiger partial charge on any atom is -0.399 e. The van der Waals surface area contributed by atoms with Crippen LogP contribution in [0.15, 0.2) is 42.5 Å². The summed E-state index contributed by atoms with van der Waals surface area (Å²) in [6, 6.07) is 12.8. The van der Waals surface area contributed by atoms with E-state index in [2.05, 4.69) is 10.6 Å². The number of hydrogen-bond acceptors (Lipinski definition) is 3. The number of amides is 2. The van der Waals surface area contributed by atoms with Crippen molar-refractivity contribution in [3.63, 3.8) is 0 Å². The second kappa shape index (κ2) is 10.6. The lowest BCUT2D eigenvalue weighted by atomic mass is 10.1. The van der Waals surface area contributed by atoms with Gasteiger partial charge in [0.2, 0.25) is 5.91 Å². The summed E-state index contributed by atoms with van der Waals surface area (Å²) in [6.45, 7) is 6.61. The first-order chi connectivity index (χ1) is 12.4. The van der Waals surface area contributed by atoms with Gasteiger partial charge in [-0.15, -0.1) is 12.4 Å². The summed E-state index contributed by atoms with van der Waals surface area (Å²) in [5.74, 6) is 0.227. The van der Waals surface area contributed by atoms with Gasteiger partial charge < -0.3 is 16.4 Å². The first-order valence-corrected chi connectivity index (χ1v) is 8.89. The Morgan fingerprint density at radius 2 is 1.81 bits per heavy atom. The van der Waals surface area contributed by atoms with Crippen LogP contribution >= 0.6 is 12.4 Å². The number of carbonyl (C=O) groups excluding carboxylic acids is 2. The van der Waals surface area contributed by atoms with E-state index < -0.39 is 0 Å². The lowest BCUT2D eigenvalue weighted by molar-refractivity contribution is -0.116. The Hall–Kier alpha value is -2.53. The third kappa shape index (κ3) is 6.94. The highest BCUT2D eigenvalue weighted by molar-refractivity contribution is 5.96. The van der Waals surface area contributed by atoms with Crippen LogP contribution in [0.2, 0.25) is 0 Å². The number of nitrogens with two attached hydrogens (primary N) is 1. The van der Waals surface area contributed by atoms with Crippen molar-refractivity contribution in [1.29, 1.82) is 0 Å². The molecule has 4 N–H and O–H groups in total. The number of carbonyl (C=O) groups is 2. The molecule has 27 heavy (non-hydrogen) atoms. The Balaban J connectivity index is 0.00000364. The maximum atomic E-state index is 12.2. The fraction of sp³-hybridized carbons (Fsp3) is 0.333. The Morgan fingerprint density at radius 1 is 1.11 bits per heavy atom. The van der Waals surface area contributed by atoms with Gasteiger partial charge in [-0.05, 0) is 54.7 Å². The van der Waals surface area contributed by atoms with E-state index in [1.165, 1.54) is 0 Å². The minimum absolute atomic E-state index is 0. The monoisotopic (exact) mass is 389 g/mol. The van der Waals surface area contributed by atoms with Gasteiger partial charge in [0.15, 0.2) is 0 Å². The van der Waals surface area contributed by atoms with Crippen LogP contribution in [0, 0.1) is 12.8 Å². The Labute approximate surface area is 167 Å². The number of hydrogen-bond donors (Lipinski definition) is 3. The van der Waals surface area contributed by atoms with Gasteiger partial charge in [-0.25, -0.2) is 0 Å². The van der Waals surface area contributed by atoms with Gasteiger partial charge in [-0.1, -0.05) is 32.0 Å². The summed E-state index contributed by atoms with van der Waals surface area (Å²) < 4.78 is 0. The highest BCUT2D eigenvalue weighted by Gasteiger charge is 2.10. The molecule has 2 amide bonds. The summed E-state index contributed by atoms with van der Waals surface area (Å²) in [7, 11) is 0. The maximum absolute atomic E-state index is 12.2. The molecule has 0 saturated heterocycles. The van der Waals surface area contributed by atoms with E-state index >= 15 is 0 Å². The molecule has 0 bridgehead atoms. The van der Waals surface area contributed by atoms with Gasteiger partial charge in [0, 0.05) is 29.9 Å². The van der Waals surface area contributed by atoms with E-state index in [9.17, 15) is 9.59 Å². The summed E-state index contributed by atoms with van der Waals surface area (Å²) in [5.41, 5.74) is 9.74. The van der Waals surface area contributed by atoms with Crippen molar-refractivity contribution >= 4 is 35.6 Å². The zero-order valence-electron chi connectivity index (χ0n) is 16.0. The van der Waals surface area contributed by atoms with Gasteiger partial charge in [0.1, 0.15) is 0 Å². The second-order valence-corrected chi connectivity index (χ2v) is 6.88. The van der Waals surface area contributed by atoms with Crippen molar-refractivity contribution in [1.82, 2.24) is 5.32 Å². The summed E-state index contributed by atoms with van der Waals surface area (Å²) in [6.07, 6.45) is 0.942. The van der Waals surface area contributed by atoms with Crippen molar-refractivity contribution in [3.8, 4) is 0 Å². The molecule has 5 nitrogen and oxygen atoms in total. The highest BCUT2D eigenvalue weighted by Crippen LogP contribution is 2.18. The quantitative estimate of drug-likeness (QED) is 0.626. The molecule has 146 valence electrons. The number of nitrogens with one attached hydrogen (secondary N) is 2. The molecule has 6 heteroatoms. The maximum Gasteiger partial charge on any atom is 0.251 e. The minimum atomic E-state index is -0.0979. The molecule has 2 rings (SSSR count). The number of benzene rings is 2. The summed E-state index contributed by atoms with van der Waals surface area (Å²) in [4.78, 5) is 24.3. The number of nitrogen functional groups attached to an aromatic ring is 1. The van der Waals surface area contributed by atoms with Crippen molar-refractivity contribution in [2.24, 2.45) is 5.92 Å². The summed E-state index contributed by atoms with van der Waals surface area (Å²) in [5, 5.41) is 5.80. The Morgan fingerprint density at radius 3 is 2.44 bits per heavy atom. The molecular formula is C21H28ClN3O2. The van der Waals surface area contributed by atoms with E-state index in [-0.39, 0.29) is 24.2 Å². The molecule has 0 aliphatic rings. The molecular weight excluding hydrogens is 362 g/mol. The smallest absolute Gasteiger partial charge is 0.251 e. The van der Waals surface area contributed by atoms with Crippen LogP contribution in [0.1, 0.15) is 41.8 Å². The topological polar surface area (TPSA) is 84.2 Å². The number of anilines is 2. The van der Waals surface area contributed by atoms with Crippen LogP contribution in [0.25, 0.3) is 0 Å². The average Bonchev–Trinajstić information content (AvgIpc) is 2.60. The normalized spacial score (nSPS) is 10.2. The molecule has 0 heterocycles. The molecule has 2 aromatic rings. The van der Waals surface area contributed by atoms with E-state index in [4.69, 9.17) is 5.73 Å². The first-order valence-electron chi connectivity index (χ1n) is 8.89. The zero-order valence-corrected chi connectivity index (χ0v) is 16.9. The largest absolute Gasteiger partial charge is 0.399 e. The SMILES string of the molecule is Cc1cc(C(=O)NCC(C)C)ccc1NC(=O)CCc1ccccc1N.Cl. The van der Waals surface area contributed by atoms with Crippen LogP contribution in [-0.4, -0.2) is 18.4 Å². The van der Waals surface area contributed by atoms with Gasteiger partial charge in [-0.3, -0.25) is 9.59 Å². The molecule has 0 unspecified atom stereocenters. The van der Waals surface area contributed by atoms with Crippen molar-refractivity contribution in [3.05, 3.63) is 59.2 Å². The number of halogens is 1. The summed E-state index contributed by atoms with van der Waals surface area (Å²) >= 11 is 0. The molecule has 0 atom stereocenters. The predicted molar refractivity (Wildman–Crippen MR) is 113 cm³/mol. The van der Waals surface area contributed by atoms with Gasteiger partial charge in [0.25, 0.3) is 5.91 Å². The van der Waals surface area contributed by atoms with E-state index in [1.807, 2.05) is 45.0 Å². The molecule has 0 aromatic heterocycles. The third-order valence-corrected chi connectivity index (χ3v) is 4.11. The average molecular weight is 390 g/mol. The van der Waals surface area contributed by atoms with Crippen LogP contribution in [0.5, 0.6) is 0 Å². The first kappa shape index (κ1) is 22.5. The highest BCUT2D eigenvalue weighted by atomic mass is 35.5. The van der Waals surface area contributed by atoms with E-state index in [0.29, 0.717) is 36.6 Å². The van der Waals surface area contributed by atoms with E-state index in [0.717, 1.165) is 16.8 Å². The Kier molecular flexibility index (Phi) is 8.82. The molecule has 0 fully saturated rings. The Bertz CT molecular complexity index is 791. The molecule has 0 aliphatic carbocycles. The lowest BCUT2D eigenvalue weighted by Gasteiger charge is -2.12. The second-order valence-electron chi connectivity index (χ2n) is 6.88. The van der Waals surface area contributed by atoms with E-state index in [1.54, 1.807) is 18.2 Å². The number of rotatable bonds is 7. The standard InChI is InChI=1S/C21H27N3O2.ClH/c1-14(2)13-23-21(26)17-8-10-19(15(3)12-17)24-20(25)11-9-16-6-4-5-7-18(16)22;/h4-8,10,12,14H,9,11,13,22H2,1-3H3,(H,23,26)(H,24,25);1H. The van der Waals surface area contributed by atoms with Crippen LogP contribution in [0.3, 0.4) is 0 Å². The predicted octanol–water partition coefficient (Wildman–Crippen LogP) is 3.96. The van der Waals surface area contributed by atoms with Crippen LogP contribution in [0.4, 0.5) is 11.4 Å². The number of para-hydroxylation sites is 1.